The standard InChI is InChI=1S/C16H15NO3/c1-18-14-8-7-12(9-13(14)10-17)11-20-16-6-4-3-5-15(16)19-2/h3-9H,11H2,1-2H3. The lowest BCUT2D eigenvalue weighted by atomic mass is 10.1. The lowest BCUT2D eigenvalue weighted by Crippen LogP contribution is -1.98. The van der Waals surface area contributed by atoms with Crippen LogP contribution >= 0.6 is 0 Å². The van der Waals surface area contributed by atoms with Crippen LogP contribution in [0.4, 0.5) is 0 Å². The first-order chi connectivity index (χ1) is 9.78. The summed E-state index contributed by atoms with van der Waals surface area (Å²) < 4.78 is 16.0. The fourth-order valence-corrected chi connectivity index (χ4v) is 1.83. The van der Waals surface area contributed by atoms with Gasteiger partial charge in [0.25, 0.3) is 0 Å². The van der Waals surface area contributed by atoms with Crippen molar-refractivity contribution in [3.8, 4) is 23.3 Å². The van der Waals surface area contributed by atoms with Crippen LogP contribution in [0.5, 0.6) is 17.2 Å². The van der Waals surface area contributed by atoms with Gasteiger partial charge in [-0.3, -0.25) is 0 Å². The Morgan fingerprint density at radius 1 is 0.950 bits per heavy atom. The Labute approximate surface area is 118 Å². The number of nitriles is 1. The van der Waals surface area contributed by atoms with Crippen molar-refractivity contribution >= 4 is 0 Å². The first-order valence-electron chi connectivity index (χ1n) is 6.11. The van der Waals surface area contributed by atoms with E-state index in [4.69, 9.17) is 19.5 Å². The van der Waals surface area contributed by atoms with Gasteiger partial charge in [-0.1, -0.05) is 18.2 Å². The molecule has 2 aromatic carbocycles. The number of para-hydroxylation sites is 2. The van der Waals surface area contributed by atoms with Gasteiger partial charge in [-0.2, -0.15) is 5.26 Å². The van der Waals surface area contributed by atoms with Crippen molar-refractivity contribution < 1.29 is 14.2 Å². The number of ether oxygens (including phenoxy) is 3. The van der Waals surface area contributed by atoms with Crippen LogP contribution in [0.1, 0.15) is 11.1 Å². The Balaban J connectivity index is 2.13. The molecule has 0 bridgehead atoms. The van der Waals surface area contributed by atoms with E-state index in [1.54, 1.807) is 26.4 Å². The Bertz CT molecular complexity index is 632. The summed E-state index contributed by atoms with van der Waals surface area (Å²) in [5.41, 5.74) is 1.39. The molecule has 4 heteroatoms. The van der Waals surface area contributed by atoms with E-state index >= 15 is 0 Å². The molecule has 0 unspecified atom stereocenters. The Morgan fingerprint density at radius 2 is 1.65 bits per heavy atom. The largest absolute Gasteiger partial charge is 0.495 e. The molecule has 0 aliphatic carbocycles. The van der Waals surface area contributed by atoms with E-state index < -0.39 is 0 Å². The van der Waals surface area contributed by atoms with Gasteiger partial charge in [0.1, 0.15) is 18.4 Å². The zero-order valence-electron chi connectivity index (χ0n) is 11.4. The lowest BCUT2D eigenvalue weighted by molar-refractivity contribution is 0.284. The van der Waals surface area contributed by atoms with Crippen LogP contribution < -0.4 is 14.2 Å². The first kappa shape index (κ1) is 13.8. The van der Waals surface area contributed by atoms with Crippen LogP contribution in [0.25, 0.3) is 0 Å². The van der Waals surface area contributed by atoms with Gasteiger partial charge in [0.05, 0.1) is 19.8 Å². The highest BCUT2D eigenvalue weighted by Crippen LogP contribution is 2.27. The maximum Gasteiger partial charge on any atom is 0.161 e. The number of hydrogen-bond donors (Lipinski definition) is 0. The van der Waals surface area contributed by atoms with Crippen molar-refractivity contribution in [1.29, 1.82) is 5.26 Å². The van der Waals surface area contributed by atoms with Gasteiger partial charge in [0.2, 0.25) is 0 Å². The number of methoxy groups -OCH3 is 2. The summed E-state index contributed by atoms with van der Waals surface area (Å²) in [7, 11) is 3.14. The fourth-order valence-electron chi connectivity index (χ4n) is 1.83. The van der Waals surface area contributed by atoms with Crippen LogP contribution in [-0.2, 0) is 6.61 Å². The van der Waals surface area contributed by atoms with Crippen LogP contribution in [0.2, 0.25) is 0 Å². The van der Waals surface area contributed by atoms with Gasteiger partial charge < -0.3 is 14.2 Å². The molecule has 0 N–H and O–H groups in total. The van der Waals surface area contributed by atoms with Gasteiger partial charge in [-0.15, -0.1) is 0 Å². The molecule has 0 heterocycles. The molecule has 0 radical (unpaired) electrons. The third kappa shape index (κ3) is 3.01. The van der Waals surface area contributed by atoms with Crippen molar-refractivity contribution in [2.75, 3.05) is 14.2 Å². The Hall–Kier alpha value is -2.67. The summed E-state index contributed by atoms with van der Waals surface area (Å²) in [5.74, 6) is 1.92. The molecule has 20 heavy (non-hydrogen) atoms. The van der Waals surface area contributed by atoms with Crippen molar-refractivity contribution in [2.45, 2.75) is 6.61 Å². The smallest absolute Gasteiger partial charge is 0.161 e. The van der Waals surface area contributed by atoms with Crippen molar-refractivity contribution in [3.05, 3.63) is 53.6 Å². The van der Waals surface area contributed by atoms with E-state index in [9.17, 15) is 0 Å². The van der Waals surface area contributed by atoms with Gasteiger partial charge in [-0.25, -0.2) is 0 Å². The highest BCUT2D eigenvalue weighted by Gasteiger charge is 2.06. The highest BCUT2D eigenvalue weighted by molar-refractivity contribution is 5.45. The molecule has 102 valence electrons. The molecule has 2 aromatic rings. The Kier molecular flexibility index (Phi) is 4.46. The summed E-state index contributed by atoms with van der Waals surface area (Å²) in [5, 5.41) is 9.05. The second kappa shape index (κ2) is 6.48. The second-order valence-corrected chi connectivity index (χ2v) is 4.09. The van der Waals surface area contributed by atoms with Gasteiger partial charge in [-0.05, 0) is 29.8 Å². The van der Waals surface area contributed by atoms with E-state index in [0.29, 0.717) is 29.4 Å². The molecule has 0 spiro atoms. The lowest BCUT2D eigenvalue weighted by Gasteiger charge is -2.11. The summed E-state index contributed by atoms with van der Waals surface area (Å²) in [6.45, 7) is 0.360. The van der Waals surface area contributed by atoms with Crippen LogP contribution in [0.15, 0.2) is 42.5 Å². The molecule has 0 aliphatic rings. The molecule has 4 nitrogen and oxygen atoms in total. The number of hydrogen-bond acceptors (Lipinski definition) is 4. The fraction of sp³-hybridized carbons (Fsp3) is 0.188. The third-order valence-corrected chi connectivity index (χ3v) is 2.85. The minimum atomic E-state index is 0.360. The zero-order valence-corrected chi connectivity index (χ0v) is 11.4. The normalized spacial score (nSPS) is 9.65. The van der Waals surface area contributed by atoms with Crippen LogP contribution in [0.3, 0.4) is 0 Å². The summed E-state index contributed by atoms with van der Waals surface area (Å²) in [6.07, 6.45) is 0. The van der Waals surface area contributed by atoms with Gasteiger partial charge >= 0.3 is 0 Å². The van der Waals surface area contributed by atoms with Crippen molar-refractivity contribution in [2.24, 2.45) is 0 Å². The topological polar surface area (TPSA) is 51.5 Å². The van der Waals surface area contributed by atoms with E-state index in [0.717, 1.165) is 5.56 Å². The quantitative estimate of drug-likeness (QED) is 0.836. The average Bonchev–Trinajstić information content (AvgIpc) is 2.52. The summed E-state index contributed by atoms with van der Waals surface area (Å²) >= 11 is 0. The minimum Gasteiger partial charge on any atom is -0.495 e. The predicted octanol–water partition coefficient (Wildman–Crippen LogP) is 3.15. The molecule has 0 saturated carbocycles. The van der Waals surface area contributed by atoms with Crippen molar-refractivity contribution in [3.63, 3.8) is 0 Å². The van der Waals surface area contributed by atoms with E-state index in [-0.39, 0.29) is 0 Å². The summed E-state index contributed by atoms with van der Waals surface area (Å²) in [6, 6.07) is 14.9. The predicted molar refractivity (Wildman–Crippen MR) is 75.0 cm³/mol. The zero-order chi connectivity index (χ0) is 14.4. The monoisotopic (exact) mass is 269 g/mol. The average molecular weight is 269 g/mol. The molecular formula is C16H15NO3. The number of benzene rings is 2. The summed E-state index contributed by atoms with van der Waals surface area (Å²) in [4.78, 5) is 0. The van der Waals surface area contributed by atoms with Gasteiger partial charge in [0, 0.05) is 0 Å². The highest BCUT2D eigenvalue weighted by atomic mass is 16.5. The second-order valence-electron chi connectivity index (χ2n) is 4.09. The Morgan fingerprint density at radius 3 is 2.30 bits per heavy atom. The van der Waals surface area contributed by atoms with Crippen molar-refractivity contribution in [1.82, 2.24) is 0 Å². The van der Waals surface area contributed by atoms with E-state index in [1.165, 1.54) is 0 Å². The number of rotatable bonds is 5. The first-order valence-corrected chi connectivity index (χ1v) is 6.11. The molecule has 0 fully saturated rings. The molecule has 0 aromatic heterocycles. The number of nitrogens with zero attached hydrogens (tertiary/aromatic N) is 1. The van der Waals surface area contributed by atoms with E-state index in [2.05, 4.69) is 6.07 Å². The molecule has 0 atom stereocenters. The molecule has 2 rings (SSSR count). The van der Waals surface area contributed by atoms with Gasteiger partial charge in [0.15, 0.2) is 11.5 Å². The minimum absolute atomic E-state index is 0.360. The van der Waals surface area contributed by atoms with E-state index in [1.807, 2.05) is 30.3 Å². The maximum absolute atomic E-state index is 9.05. The molecule has 0 amide bonds. The van der Waals surface area contributed by atoms with Crippen LogP contribution in [-0.4, -0.2) is 14.2 Å². The molecular weight excluding hydrogens is 254 g/mol. The van der Waals surface area contributed by atoms with Crippen LogP contribution in [0, 0.1) is 11.3 Å². The maximum atomic E-state index is 9.05. The third-order valence-electron chi connectivity index (χ3n) is 2.85. The molecule has 0 aliphatic heterocycles. The SMILES string of the molecule is COc1ccc(COc2ccccc2OC)cc1C#N. The molecule has 0 saturated heterocycles.